The molecule has 0 radical (unpaired) electrons. The first kappa shape index (κ1) is 18.3. The van der Waals surface area contributed by atoms with Gasteiger partial charge in [0.1, 0.15) is 6.04 Å². The molecular formula is C18H20N2O5. The zero-order valence-corrected chi connectivity index (χ0v) is 13.5. The lowest BCUT2D eigenvalue weighted by Crippen LogP contribution is -2.32. The third-order valence-electron chi connectivity index (χ3n) is 3.70. The molecule has 0 aliphatic rings. The first-order valence-electron chi connectivity index (χ1n) is 7.73. The van der Waals surface area contributed by atoms with Gasteiger partial charge in [-0.3, -0.25) is 9.59 Å². The van der Waals surface area contributed by atoms with Crippen LogP contribution in [0.4, 0.5) is 0 Å². The van der Waals surface area contributed by atoms with Gasteiger partial charge < -0.3 is 26.4 Å². The highest BCUT2D eigenvalue weighted by molar-refractivity contribution is 5.94. The van der Waals surface area contributed by atoms with Crippen molar-refractivity contribution < 1.29 is 24.9 Å². The van der Waals surface area contributed by atoms with Gasteiger partial charge in [0.25, 0.3) is 5.91 Å². The second-order valence-corrected chi connectivity index (χ2v) is 5.68. The van der Waals surface area contributed by atoms with Crippen molar-refractivity contribution >= 4 is 11.9 Å². The molecule has 0 aliphatic carbocycles. The highest BCUT2D eigenvalue weighted by Gasteiger charge is 2.13. The summed E-state index contributed by atoms with van der Waals surface area (Å²) in [5.74, 6) is -1.77. The molecule has 0 spiro atoms. The molecular weight excluding hydrogens is 324 g/mol. The number of nitrogens with two attached hydrogens (primary N) is 1. The van der Waals surface area contributed by atoms with Gasteiger partial charge in [-0.2, -0.15) is 0 Å². The average Bonchev–Trinajstić information content (AvgIpc) is 2.58. The van der Waals surface area contributed by atoms with Gasteiger partial charge in [0, 0.05) is 12.1 Å². The van der Waals surface area contributed by atoms with Crippen LogP contribution in [0.1, 0.15) is 21.5 Å². The van der Waals surface area contributed by atoms with Crippen LogP contribution >= 0.6 is 0 Å². The number of hydrogen-bond acceptors (Lipinski definition) is 5. The van der Waals surface area contributed by atoms with E-state index in [9.17, 15) is 19.8 Å². The fraction of sp³-hybridized carbons (Fsp3) is 0.222. The molecule has 0 fully saturated rings. The number of carbonyl (C=O) groups excluding carboxylic acids is 1. The molecule has 0 saturated carbocycles. The van der Waals surface area contributed by atoms with Gasteiger partial charge in [-0.15, -0.1) is 0 Å². The van der Waals surface area contributed by atoms with Crippen molar-refractivity contribution in [1.82, 2.24) is 5.32 Å². The molecule has 0 heterocycles. The molecule has 2 aromatic carbocycles. The van der Waals surface area contributed by atoms with Gasteiger partial charge in [-0.1, -0.05) is 18.2 Å². The molecule has 1 unspecified atom stereocenters. The van der Waals surface area contributed by atoms with E-state index in [0.717, 1.165) is 5.56 Å². The topological polar surface area (TPSA) is 133 Å². The predicted molar refractivity (Wildman–Crippen MR) is 91.6 cm³/mol. The Balaban J connectivity index is 1.92. The van der Waals surface area contributed by atoms with E-state index in [4.69, 9.17) is 10.8 Å². The molecule has 2 rings (SSSR count). The van der Waals surface area contributed by atoms with Crippen LogP contribution in [0.3, 0.4) is 0 Å². The number of carbonyl (C=O) groups is 2. The summed E-state index contributed by atoms with van der Waals surface area (Å²) in [4.78, 5) is 23.0. The monoisotopic (exact) mass is 344 g/mol. The van der Waals surface area contributed by atoms with Crippen LogP contribution in [0.5, 0.6) is 11.5 Å². The molecule has 25 heavy (non-hydrogen) atoms. The molecule has 2 aromatic rings. The normalized spacial score (nSPS) is 11.7. The number of amides is 1. The van der Waals surface area contributed by atoms with Crippen molar-refractivity contribution in [3.8, 4) is 11.5 Å². The second kappa shape index (κ2) is 8.16. The second-order valence-electron chi connectivity index (χ2n) is 5.68. The van der Waals surface area contributed by atoms with Crippen LogP contribution in [-0.2, 0) is 17.6 Å². The van der Waals surface area contributed by atoms with Crippen LogP contribution in [-0.4, -0.2) is 39.8 Å². The zero-order valence-electron chi connectivity index (χ0n) is 13.5. The summed E-state index contributed by atoms with van der Waals surface area (Å²) < 4.78 is 0. The van der Waals surface area contributed by atoms with E-state index in [0.29, 0.717) is 24.1 Å². The summed E-state index contributed by atoms with van der Waals surface area (Å²) in [5.41, 5.74) is 7.37. The van der Waals surface area contributed by atoms with Gasteiger partial charge in [0.2, 0.25) is 0 Å². The number of rotatable bonds is 7. The van der Waals surface area contributed by atoms with Crippen LogP contribution in [0.25, 0.3) is 0 Å². The van der Waals surface area contributed by atoms with E-state index in [1.807, 2.05) is 0 Å². The quantitative estimate of drug-likeness (QED) is 0.476. The molecule has 0 aliphatic heterocycles. The summed E-state index contributed by atoms with van der Waals surface area (Å²) in [5, 5.41) is 30.3. The SMILES string of the molecule is NC(Cc1cccc(C(=O)NCCc2ccc(O)c(O)c2)c1)C(=O)O. The van der Waals surface area contributed by atoms with Crippen molar-refractivity contribution in [3.05, 3.63) is 59.2 Å². The lowest BCUT2D eigenvalue weighted by atomic mass is 10.0. The van der Waals surface area contributed by atoms with Crippen molar-refractivity contribution in [3.63, 3.8) is 0 Å². The lowest BCUT2D eigenvalue weighted by Gasteiger charge is -2.09. The minimum absolute atomic E-state index is 0.142. The van der Waals surface area contributed by atoms with Crippen LogP contribution in [0.2, 0.25) is 0 Å². The molecule has 0 bridgehead atoms. The fourth-order valence-electron chi connectivity index (χ4n) is 2.33. The van der Waals surface area contributed by atoms with Crippen LogP contribution < -0.4 is 11.1 Å². The van der Waals surface area contributed by atoms with Gasteiger partial charge in [0.15, 0.2) is 11.5 Å². The Morgan fingerprint density at radius 2 is 1.80 bits per heavy atom. The molecule has 1 amide bonds. The molecule has 132 valence electrons. The fourth-order valence-corrected chi connectivity index (χ4v) is 2.33. The Kier molecular flexibility index (Phi) is 5.97. The smallest absolute Gasteiger partial charge is 0.320 e. The zero-order chi connectivity index (χ0) is 18.4. The first-order valence-corrected chi connectivity index (χ1v) is 7.73. The van der Waals surface area contributed by atoms with Gasteiger partial charge in [0.05, 0.1) is 0 Å². The Hall–Kier alpha value is -3.06. The summed E-state index contributed by atoms with van der Waals surface area (Å²) in [6.07, 6.45) is 0.631. The maximum atomic E-state index is 12.2. The van der Waals surface area contributed by atoms with Crippen molar-refractivity contribution in [1.29, 1.82) is 0 Å². The third-order valence-corrected chi connectivity index (χ3v) is 3.70. The summed E-state index contributed by atoms with van der Waals surface area (Å²) in [6, 6.07) is 10.1. The number of aliphatic carboxylic acids is 1. The predicted octanol–water partition coefficient (Wildman–Crippen LogP) is 1.02. The number of phenols is 2. The van der Waals surface area contributed by atoms with E-state index < -0.39 is 12.0 Å². The van der Waals surface area contributed by atoms with Crippen LogP contribution in [0.15, 0.2) is 42.5 Å². The number of aromatic hydroxyl groups is 2. The van der Waals surface area contributed by atoms with Gasteiger partial charge >= 0.3 is 5.97 Å². The maximum Gasteiger partial charge on any atom is 0.320 e. The first-order chi connectivity index (χ1) is 11.9. The standard InChI is InChI=1S/C18H20N2O5/c19-14(18(24)25)9-12-2-1-3-13(8-12)17(23)20-7-6-11-4-5-15(21)16(22)10-11/h1-5,8,10,14,21-22H,6-7,9,19H2,(H,20,23)(H,24,25). The molecule has 0 saturated heterocycles. The van der Waals surface area contributed by atoms with Crippen molar-refractivity contribution in [2.75, 3.05) is 6.54 Å². The molecule has 6 N–H and O–H groups in total. The highest BCUT2D eigenvalue weighted by Crippen LogP contribution is 2.24. The Morgan fingerprint density at radius 1 is 1.04 bits per heavy atom. The van der Waals surface area contributed by atoms with E-state index in [2.05, 4.69) is 5.32 Å². The van der Waals surface area contributed by atoms with E-state index in [1.54, 1.807) is 30.3 Å². The summed E-state index contributed by atoms with van der Waals surface area (Å²) in [6.45, 7) is 0.349. The minimum atomic E-state index is -1.09. The molecule has 1 atom stereocenters. The number of carboxylic acid groups (broad SMARTS) is 1. The summed E-state index contributed by atoms with van der Waals surface area (Å²) in [7, 11) is 0. The van der Waals surface area contributed by atoms with Gasteiger partial charge in [-0.05, 0) is 48.2 Å². The number of hydrogen-bond donors (Lipinski definition) is 5. The third kappa shape index (κ3) is 5.22. The minimum Gasteiger partial charge on any atom is -0.504 e. The largest absolute Gasteiger partial charge is 0.504 e. The Morgan fingerprint density at radius 3 is 2.48 bits per heavy atom. The van der Waals surface area contributed by atoms with Gasteiger partial charge in [-0.25, -0.2) is 0 Å². The van der Waals surface area contributed by atoms with Crippen molar-refractivity contribution in [2.45, 2.75) is 18.9 Å². The van der Waals surface area contributed by atoms with E-state index in [1.165, 1.54) is 12.1 Å². The highest BCUT2D eigenvalue weighted by atomic mass is 16.4. The number of benzene rings is 2. The Bertz CT molecular complexity index is 776. The summed E-state index contributed by atoms with van der Waals surface area (Å²) >= 11 is 0. The average molecular weight is 344 g/mol. The van der Waals surface area contributed by atoms with Crippen molar-refractivity contribution in [2.24, 2.45) is 5.73 Å². The van der Waals surface area contributed by atoms with E-state index >= 15 is 0 Å². The van der Waals surface area contributed by atoms with E-state index in [-0.39, 0.29) is 23.8 Å². The number of nitrogens with one attached hydrogen (secondary N) is 1. The Labute approximate surface area is 144 Å². The molecule has 7 nitrogen and oxygen atoms in total. The van der Waals surface area contributed by atoms with Crippen LogP contribution in [0, 0.1) is 0 Å². The number of phenolic OH excluding ortho intramolecular Hbond substituents is 2. The number of carboxylic acids is 1. The maximum absolute atomic E-state index is 12.2. The lowest BCUT2D eigenvalue weighted by molar-refractivity contribution is -0.138. The molecule has 0 aromatic heterocycles. The molecule has 7 heteroatoms.